The highest BCUT2D eigenvalue weighted by Crippen LogP contribution is 2.40. The van der Waals surface area contributed by atoms with Crippen molar-refractivity contribution in [3.63, 3.8) is 0 Å². The molecule has 7 heteroatoms. The second-order valence-electron chi connectivity index (χ2n) is 5.18. The van der Waals surface area contributed by atoms with Crippen molar-refractivity contribution in [2.75, 3.05) is 19.0 Å². The van der Waals surface area contributed by atoms with Gasteiger partial charge in [0.25, 0.3) is 0 Å². The number of nitrogens with zero attached hydrogens (tertiary/aromatic N) is 2. The fourth-order valence-corrected chi connectivity index (χ4v) is 4.38. The van der Waals surface area contributed by atoms with E-state index in [1.54, 1.807) is 18.4 Å². The van der Waals surface area contributed by atoms with Gasteiger partial charge in [-0.2, -0.15) is 5.10 Å². The van der Waals surface area contributed by atoms with E-state index >= 15 is 0 Å². The highest BCUT2D eigenvalue weighted by Gasteiger charge is 2.26. The topological polar surface area (TPSA) is 39.1 Å². The predicted molar refractivity (Wildman–Crippen MR) is 98.3 cm³/mol. The average Bonchev–Trinajstić information content (AvgIpc) is 3.23. The van der Waals surface area contributed by atoms with E-state index in [4.69, 9.17) is 21.4 Å². The smallest absolute Gasteiger partial charge is 0.144 e. The first-order valence-electron chi connectivity index (χ1n) is 7.13. The van der Waals surface area contributed by atoms with Crippen molar-refractivity contribution < 1.29 is 4.74 Å². The Morgan fingerprint density at radius 3 is 2.96 bits per heavy atom. The summed E-state index contributed by atoms with van der Waals surface area (Å²) in [6, 6.07) is 9.70. The number of fused-ring (bicyclic) bond motifs is 1. The van der Waals surface area contributed by atoms with Gasteiger partial charge in [0.1, 0.15) is 22.9 Å². The van der Waals surface area contributed by atoms with Crippen molar-refractivity contribution in [1.29, 1.82) is 0 Å². The maximum atomic E-state index is 6.18. The van der Waals surface area contributed by atoms with Crippen LogP contribution in [0.15, 0.2) is 34.1 Å². The number of benzene rings is 1. The zero-order valence-electron chi connectivity index (χ0n) is 12.3. The van der Waals surface area contributed by atoms with Crippen LogP contribution in [0.25, 0.3) is 16.3 Å². The summed E-state index contributed by atoms with van der Waals surface area (Å²) in [5.74, 6) is 1.76. The van der Waals surface area contributed by atoms with Gasteiger partial charge in [0, 0.05) is 17.1 Å². The Morgan fingerprint density at radius 2 is 2.22 bits per heavy atom. The van der Waals surface area contributed by atoms with Crippen LogP contribution in [0.3, 0.4) is 0 Å². The van der Waals surface area contributed by atoms with E-state index in [0.29, 0.717) is 5.02 Å². The molecule has 0 aliphatic carbocycles. The summed E-state index contributed by atoms with van der Waals surface area (Å²) in [7, 11) is 1.65. The van der Waals surface area contributed by atoms with Gasteiger partial charge >= 0.3 is 0 Å². The number of anilines is 1. The largest absolute Gasteiger partial charge is 0.494 e. The van der Waals surface area contributed by atoms with Gasteiger partial charge in [-0.15, -0.1) is 11.3 Å². The third-order valence-electron chi connectivity index (χ3n) is 3.83. The molecule has 0 bridgehead atoms. The molecule has 23 heavy (non-hydrogen) atoms. The lowest BCUT2D eigenvalue weighted by Gasteiger charge is -2.11. The van der Waals surface area contributed by atoms with E-state index in [9.17, 15) is 0 Å². The quantitative estimate of drug-likeness (QED) is 0.661. The number of hydrogen-bond donors (Lipinski definition) is 1. The zero-order chi connectivity index (χ0) is 16.0. The van der Waals surface area contributed by atoms with Crippen molar-refractivity contribution in [1.82, 2.24) is 9.78 Å². The number of aromatic nitrogens is 2. The van der Waals surface area contributed by atoms with Crippen molar-refractivity contribution in [3.8, 4) is 22.0 Å². The lowest BCUT2D eigenvalue weighted by molar-refractivity contribution is 0.412. The molecule has 1 aromatic carbocycles. The van der Waals surface area contributed by atoms with Gasteiger partial charge in [0.15, 0.2) is 0 Å². The number of halogens is 2. The van der Waals surface area contributed by atoms with Gasteiger partial charge in [-0.1, -0.05) is 11.6 Å². The normalized spacial score (nSPS) is 13.0. The minimum absolute atomic E-state index is 0.656. The molecule has 0 atom stereocenters. The second kappa shape index (κ2) is 5.85. The molecular weight excluding hydrogens is 398 g/mol. The van der Waals surface area contributed by atoms with E-state index in [1.165, 1.54) is 5.56 Å². The molecule has 3 heterocycles. The summed E-state index contributed by atoms with van der Waals surface area (Å²) < 4.78 is 8.48. The van der Waals surface area contributed by atoms with Crippen molar-refractivity contribution in [3.05, 3.63) is 44.7 Å². The molecule has 0 radical (unpaired) electrons. The molecule has 0 saturated carbocycles. The highest BCUT2D eigenvalue weighted by molar-refractivity contribution is 9.11. The van der Waals surface area contributed by atoms with Crippen LogP contribution >= 0.6 is 38.9 Å². The Labute approximate surface area is 151 Å². The first-order chi connectivity index (χ1) is 11.2. The molecule has 0 spiro atoms. The molecule has 1 aliphatic heterocycles. The molecule has 118 valence electrons. The van der Waals surface area contributed by atoms with Crippen LogP contribution in [0.1, 0.15) is 5.56 Å². The minimum atomic E-state index is 0.656. The SMILES string of the molecule is COc1ccc(Cl)cc1-n1nc(-c2ccc(Br)s2)c2c1NCC2. The molecular formula is C16H13BrClN3OS. The monoisotopic (exact) mass is 409 g/mol. The molecule has 0 unspecified atom stereocenters. The summed E-state index contributed by atoms with van der Waals surface area (Å²) in [6.45, 7) is 0.912. The molecule has 4 nitrogen and oxygen atoms in total. The third-order valence-corrected chi connectivity index (χ3v) is 5.69. The average molecular weight is 411 g/mol. The Morgan fingerprint density at radius 1 is 1.35 bits per heavy atom. The number of ether oxygens (including phenoxy) is 1. The van der Waals surface area contributed by atoms with Gasteiger partial charge < -0.3 is 10.1 Å². The highest BCUT2D eigenvalue weighted by atomic mass is 79.9. The Bertz CT molecular complexity index is 890. The van der Waals surface area contributed by atoms with E-state index < -0.39 is 0 Å². The van der Waals surface area contributed by atoms with E-state index in [-0.39, 0.29) is 0 Å². The Hall–Kier alpha value is -1.50. The summed E-state index contributed by atoms with van der Waals surface area (Å²) in [6.07, 6.45) is 0.961. The molecule has 0 fully saturated rings. The van der Waals surface area contributed by atoms with Crippen LogP contribution < -0.4 is 10.1 Å². The van der Waals surface area contributed by atoms with Crippen LogP contribution in [0.5, 0.6) is 5.75 Å². The number of rotatable bonds is 3. The summed E-state index contributed by atoms with van der Waals surface area (Å²) in [5.41, 5.74) is 3.09. The van der Waals surface area contributed by atoms with Gasteiger partial charge in [-0.3, -0.25) is 0 Å². The van der Waals surface area contributed by atoms with Gasteiger partial charge in [-0.05, 0) is 52.7 Å². The predicted octanol–water partition coefficient (Wildman–Crippen LogP) is 4.99. The number of methoxy groups -OCH3 is 1. The van der Waals surface area contributed by atoms with Crippen molar-refractivity contribution >= 4 is 44.7 Å². The maximum Gasteiger partial charge on any atom is 0.144 e. The summed E-state index contributed by atoms with van der Waals surface area (Å²) in [5, 5.41) is 8.93. The second-order valence-corrected chi connectivity index (χ2v) is 8.08. The van der Waals surface area contributed by atoms with E-state index in [1.807, 2.05) is 28.9 Å². The number of thiophene rings is 1. The zero-order valence-corrected chi connectivity index (χ0v) is 15.4. The first-order valence-corrected chi connectivity index (χ1v) is 9.11. The van der Waals surface area contributed by atoms with E-state index in [2.05, 4.69) is 27.3 Å². The van der Waals surface area contributed by atoms with Crippen molar-refractivity contribution in [2.24, 2.45) is 0 Å². The Kier molecular flexibility index (Phi) is 3.83. The molecule has 1 aliphatic rings. The summed E-state index contributed by atoms with van der Waals surface area (Å²) >= 11 is 11.4. The Balaban J connectivity index is 1.93. The fourth-order valence-electron chi connectivity index (χ4n) is 2.82. The van der Waals surface area contributed by atoms with E-state index in [0.717, 1.165) is 44.6 Å². The molecule has 3 aromatic rings. The van der Waals surface area contributed by atoms with Crippen LogP contribution in [-0.2, 0) is 6.42 Å². The molecule has 4 rings (SSSR count). The number of hydrogen-bond acceptors (Lipinski definition) is 4. The molecule has 0 saturated heterocycles. The van der Waals surface area contributed by atoms with Crippen molar-refractivity contribution in [2.45, 2.75) is 6.42 Å². The first kappa shape index (κ1) is 15.1. The van der Waals surface area contributed by atoms with Gasteiger partial charge in [0.2, 0.25) is 0 Å². The molecule has 2 aromatic heterocycles. The number of nitrogens with one attached hydrogen (secondary N) is 1. The third kappa shape index (κ3) is 2.55. The lowest BCUT2D eigenvalue weighted by atomic mass is 10.2. The maximum absolute atomic E-state index is 6.18. The van der Waals surface area contributed by atoms with Crippen LogP contribution in [0.2, 0.25) is 5.02 Å². The van der Waals surface area contributed by atoms with Gasteiger partial charge in [0.05, 0.1) is 15.8 Å². The van der Waals surface area contributed by atoms with Gasteiger partial charge in [-0.25, -0.2) is 4.68 Å². The fraction of sp³-hybridized carbons (Fsp3) is 0.188. The lowest BCUT2D eigenvalue weighted by Crippen LogP contribution is -2.05. The van der Waals surface area contributed by atoms with Crippen LogP contribution in [0.4, 0.5) is 5.82 Å². The summed E-state index contributed by atoms with van der Waals surface area (Å²) in [4.78, 5) is 1.15. The molecule has 1 N–H and O–H groups in total. The van der Waals surface area contributed by atoms with Crippen LogP contribution in [0, 0.1) is 0 Å². The standard InChI is InChI=1S/C16H13BrClN3OS/c1-22-12-3-2-9(18)8-11(12)21-16-10(6-7-19-16)15(20-21)13-4-5-14(17)23-13/h2-5,8,19H,6-7H2,1H3. The van der Waals surface area contributed by atoms with Crippen LogP contribution in [-0.4, -0.2) is 23.4 Å². The minimum Gasteiger partial charge on any atom is -0.494 e. The molecule has 0 amide bonds.